The van der Waals surface area contributed by atoms with Gasteiger partial charge in [-0.15, -0.1) is 0 Å². The van der Waals surface area contributed by atoms with Gasteiger partial charge >= 0.3 is 112 Å². The predicted molar refractivity (Wildman–Crippen MR) is 19.3 cm³/mol. The Morgan fingerprint density at radius 2 is 0.538 bits per heavy atom. The van der Waals surface area contributed by atoms with E-state index in [0.717, 1.165) is 0 Å². The van der Waals surface area contributed by atoms with Crippen LogP contribution in [0.5, 0.6) is 0 Å². The van der Waals surface area contributed by atoms with Crippen LogP contribution >= 0.6 is 0 Å². The fourth-order valence-electron chi connectivity index (χ4n) is 0. The average molecular weight is 711 g/mol. The van der Waals surface area contributed by atoms with Crippen molar-refractivity contribution in [3.05, 3.63) is 0 Å². The molecule has 78 valence electrons. The maximum absolute atomic E-state index is 8.59. The van der Waals surface area contributed by atoms with E-state index < -0.39 is 61.1 Å². The maximum Gasteiger partial charge on any atom is 6.00 e. The average Bonchev–Trinajstić information content (AvgIpc) is 1.54. The van der Waals surface area contributed by atoms with Gasteiger partial charge in [0.25, 0.3) is 0 Å². The SMILES string of the molecule is O=[Te]([O-])[O-].O=[Te]([O-])[O-].O=[Te]([O-])[O-].[W+6]. The van der Waals surface area contributed by atoms with Crippen LogP contribution in [0, 0.1) is 0 Å². The van der Waals surface area contributed by atoms with E-state index in [-0.39, 0.29) is 21.1 Å². The molecule has 9 nitrogen and oxygen atoms in total. The fraction of sp³-hybridized carbons (Fsp3) is 0. The van der Waals surface area contributed by atoms with Crippen molar-refractivity contribution in [2.24, 2.45) is 0 Å². The molecule has 0 aromatic carbocycles. The van der Waals surface area contributed by atoms with Gasteiger partial charge in [-0.3, -0.25) is 0 Å². The third-order valence-electron chi connectivity index (χ3n) is 0. The zero-order chi connectivity index (χ0) is 10.7. The van der Waals surface area contributed by atoms with Crippen molar-refractivity contribution in [1.29, 1.82) is 0 Å². The first-order valence-electron chi connectivity index (χ1n) is 1.50. The molecule has 13 heteroatoms. The molecule has 0 N–H and O–H groups in total. The zero-order valence-corrected chi connectivity index (χ0v) is 15.2. The van der Waals surface area contributed by atoms with Crippen molar-refractivity contribution in [3.63, 3.8) is 0 Å². The summed E-state index contributed by atoms with van der Waals surface area (Å²) in [5.74, 6) is 0. The van der Waals surface area contributed by atoms with Crippen LogP contribution in [0.1, 0.15) is 0 Å². The molecule has 0 aliphatic rings. The van der Waals surface area contributed by atoms with Crippen molar-refractivity contribution < 1.29 is 51.2 Å². The zero-order valence-electron chi connectivity index (χ0n) is 5.31. The largest absolute Gasteiger partial charge is 6.00 e. The first-order valence-corrected chi connectivity index (χ1v) is 10.1. The second-order valence-electron chi connectivity index (χ2n) is 0.612. The van der Waals surface area contributed by atoms with E-state index in [0.29, 0.717) is 0 Å². The van der Waals surface area contributed by atoms with E-state index >= 15 is 0 Å². The van der Waals surface area contributed by atoms with Crippen LogP contribution < -0.4 is 20.8 Å². The van der Waals surface area contributed by atoms with Gasteiger partial charge < -0.3 is 0 Å². The summed E-state index contributed by atoms with van der Waals surface area (Å²) in [6.45, 7) is 0. The van der Waals surface area contributed by atoms with Gasteiger partial charge in [-0.25, -0.2) is 0 Å². The van der Waals surface area contributed by atoms with Gasteiger partial charge in [0.05, 0.1) is 0 Å². The molecular formula is O9Te3W. The molecule has 0 unspecified atom stereocenters. The Kier molecular flexibility index (Phi) is 37.1. The molecule has 0 bridgehead atoms. The Morgan fingerprint density at radius 1 is 0.538 bits per heavy atom. The van der Waals surface area contributed by atoms with Crippen LogP contribution in [0.15, 0.2) is 0 Å². The Labute approximate surface area is 111 Å². The fourth-order valence-corrected chi connectivity index (χ4v) is 0. The standard InChI is InChI=1S/3H2O3Te.W/c3*1-4(2)3;/h3*(H2,1,2,3);/q;;;+6/p-6. The van der Waals surface area contributed by atoms with Crippen molar-refractivity contribution in [2.75, 3.05) is 0 Å². The summed E-state index contributed by atoms with van der Waals surface area (Å²) in [6.07, 6.45) is 0. The summed E-state index contributed by atoms with van der Waals surface area (Å²) in [5.41, 5.74) is 0. The van der Waals surface area contributed by atoms with Crippen molar-refractivity contribution in [3.8, 4) is 0 Å². The molecule has 0 aromatic heterocycles. The topological polar surface area (TPSA) is 190 Å². The third-order valence-corrected chi connectivity index (χ3v) is 0. The minimum Gasteiger partial charge on any atom is 6.00 e. The summed E-state index contributed by atoms with van der Waals surface area (Å²) in [4.78, 5) is 0. The van der Waals surface area contributed by atoms with Gasteiger partial charge in [-0.1, -0.05) is 0 Å². The van der Waals surface area contributed by atoms with E-state index in [1.54, 1.807) is 0 Å². The molecule has 0 atom stereocenters. The minimum absolute atomic E-state index is 0. The molecule has 0 amide bonds. The Balaban J connectivity index is -0.0000000450. The second-order valence-corrected chi connectivity index (χ2v) is 4.11. The van der Waals surface area contributed by atoms with Crippen LogP contribution in [-0.4, -0.2) is 61.1 Å². The number of hydrogen-bond acceptors (Lipinski definition) is 9. The van der Waals surface area contributed by atoms with Gasteiger partial charge in [0.1, 0.15) is 0 Å². The molecular weight excluding hydrogens is 711 g/mol. The summed E-state index contributed by atoms with van der Waals surface area (Å²) < 4.78 is 77.3. The van der Waals surface area contributed by atoms with E-state index in [1.807, 2.05) is 0 Å². The van der Waals surface area contributed by atoms with Crippen molar-refractivity contribution in [2.45, 2.75) is 0 Å². The van der Waals surface area contributed by atoms with Gasteiger partial charge in [0.2, 0.25) is 0 Å². The Morgan fingerprint density at radius 3 is 0.538 bits per heavy atom. The van der Waals surface area contributed by atoms with Gasteiger partial charge in [-0.05, 0) is 0 Å². The monoisotopic (exact) mass is 718 g/mol. The van der Waals surface area contributed by atoms with Crippen LogP contribution in [-0.2, 0) is 30.4 Å². The molecule has 13 heavy (non-hydrogen) atoms. The molecule has 0 heterocycles. The van der Waals surface area contributed by atoms with E-state index in [1.165, 1.54) is 0 Å². The normalized spacial score (nSPS) is 8.08. The third kappa shape index (κ3) is 432. The van der Waals surface area contributed by atoms with Crippen molar-refractivity contribution in [1.82, 2.24) is 0 Å². The predicted octanol–water partition coefficient (Wildman–Crippen LogP) is -8.64. The molecule has 0 fully saturated rings. The van der Waals surface area contributed by atoms with Gasteiger partial charge in [-0.2, -0.15) is 0 Å². The molecule has 0 saturated carbocycles. The van der Waals surface area contributed by atoms with Crippen LogP contribution in [0.4, 0.5) is 0 Å². The van der Waals surface area contributed by atoms with Gasteiger partial charge in [0, 0.05) is 0 Å². The second kappa shape index (κ2) is 19.7. The van der Waals surface area contributed by atoms with E-state index in [4.69, 9.17) is 30.1 Å². The molecule has 0 aliphatic heterocycles. The molecule has 0 radical (unpaired) electrons. The first kappa shape index (κ1) is 24.4. The van der Waals surface area contributed by atoms with Crippen LogP contribution in [0.2, 0.25) is 0 Å². The molecule has 0 aromatic rings. The maximum atomic E-state index is 8.59. The Hall–Kier alpha value is 2.22. The first-order chi connectivity index (χ1) is 5.20. The van der Waals surface area contributed by atoms with Crippen LogP contribution in [0.3, 0.4) is 0 Å². The molecule has 0 spiro atoms. The summed E-state index contributed by atoms with van der Waals surface area (Å²) >= 11 is -12.3. The number of hydrogen-bond donors (Lipinski definition) is 0. The van der Waals surface area contributed by atoms with E-state index in [2.05, 4.69) is 0 Å². The summed E-state index contributed by atoms with van der Waals surface area (Å²) in [6, 6.07) is 0. The summed E-state index contributed by atoms with van der Waals surface area (Å²) in [7, 11) is 0. The molecule has 0 saturated heterocycles. The molecule has 0 rings (SSSR count). The quantitative estimate of drug-likeness (QED) is 0.220. The number of rotatable bonds is 0. The van der Waals surface area contributed by atoms with Crippen molar-refractivity contribution >= 4 is 61.1 Å². The van der Waals surface area contributed by atoms with Gasteiger partial charge in [0.15, 0.2) is 0 Å². The van der Waals surface area contributed by atoms with Crippen LogP contribution in [0.25, 0.3) is 0 Å². The minimum atomic E-state index is -4.11. The van der Waals surface area contributed by atoms with E-state index in [9.17, 15) is 0 Å². The molecule has 0 aliphatic carbocycles. The summed E-state index contributed by atoms with van der Waals surface area (Å²) in [5, 5.41) is 0. The smallest absolute Gasteiger partial charge is 6.00 e. The Bertz CT molecular complexity index is 112.